The molecule has 0 fully saturated rings. The lowest BCUT2D eigenvalue weighted by Crippen LogP contribution is -2.17. The molecule has 0 amide bonds. The van der Waals surface area contributed by atoms with Gasteiger partial charge in [0.1, 0.15) is 0 Å². The van der Waals surface area contributed by atoms with Crippen LogP contribution >= 0.6 is 0 Å². The van der Waals surface area contributed by atoms with Crippen molar-refractivity contribution in [1.29, 1.82) is 0 Å². The number of unbranched alkanes of at least 4 members (excludes halogenated alkanes) is 3. The third kappa shape index (κ3) is 3.46. The zero-order chi connectivity index (χ0) is 11.1. The highest BCUT2D eigenvalue weighted by molar-refractivity contribution is 6.14. The summed E-state index contributed by atoms with van der Waals surface area (Å²) in [5, 5.41) is 0. The number of Topliss-reactive ketones (excluding diaryl/α,β-unsaturated/α-hetero) is 1. The maximum Gasteiger partial charge on any atom is 0.172 e. The van der Waals surface area contributed by atoms with Crippen molar-refractivity contribution in [3.05, 3.63) is 23.8 Å². The summed E-state index contributed by atoms with van der Waals surface area (Å²) in [5.41, 5.74) is 0.318. The monoisotopic (exact) mass is 206 g/mol. The van der Waals surface area contributed by atoms with Crippen molar-refractivity contribution in [2.75, 3.05) is 0 Å². The molecule has 1 atom stereocenters. The summed E-state index contributed by atoms with van der Waals surface area (Å²) in [6.45, 7) is 2.17. The molecule has 0 aromatic heterocycles. The number of hydrogen-bond acceptors (Lipinski definition) is 2. The highest BCUT2D eigenvalue weighted by Gasteiger charge is 2.20. The Morgan fingerprint density at radius 2 is 2.13 bits per heavy atom. The molecule has 0 aliphatic heterocycles. The number of aldehydes is 1. The van der Waals surface area contributed by atoms with Crippen LogP contribution in [0.2, 0.25) is 0 Å². The first-order valence-corrected chi connectivity index (χ1v) is 5.67. The van der Waals surface area contributed by atoms with Crippen LogP contribution in [0, 0.1) is 5.92 Å². The number of carbonyl (C=O) groups is 2. The molecule has 0 spiro atoms. The quantitative estimate of drug-likeness (QED) is 0.380. The van der Waals surface area contributed by atoms with Gasteiger partial charge >= 0.3 is 0 Å². The van der Waals surface area contributed by atoms with Crippen molar-refractivity contribution >= 4 is 12.1 Å². The van der Waals surface area contributed by atoms with Gasteiger partial charge in [0.2, 0.25) is 0 Å². The van der Waals surface area contributed by atoms with Crippen LogP contribution in [0.5, 0.6) is 0 Å². The van der Waals surface area contributed by atoms with E-state index in [-0.39, 0.29) is 11.7 Å². The Morgan fingerprint density at radius 1 is 1.33 bits per heavy atom. The van der Waals surface area contributed by atoms with Crippen molar-refractivity contribution in [3.8, 4) is 0 Å². The molecule has 0 radical (unpaired) electrons. The molecule has 0 saturated heterocycles. The summed E-state index contributed by atoms with van der Waals surface area (Å²) < 4.78 is 0. The average molecular weight is 206 g/mol. The van der Waals surface area contributed by atoms with Crippen LogP contribution < -0.4 is 0 Å². The van der Waals surface area contributed by atoms with Gasteiger partial charge in [0, 0.05) is 5.92 Å². The van der Waals surface area contributed by atoms with Crippen molar-refractivity contribution < 1.29 is 9.59 Å². The smallest absolute Gasteiger partial charge is 0.172 e. The molecular weight excluding hydrogens is 188 g/mol. The predicted molar refractivity (Wildman–Crippen MR) is 60.5 cm³/mol. The van der Waals surface area contributed by atoms with Crippen LogP contribution in [0.25, 0.3) is 0 Å². The zero-order valence-corrected chi connectivity index (χ0v) is 9.24. The van der Waals surface area contributed by atoms with Gasteiger partial charge in [-0.05, 0) is 12.5 Å². The molecule has 0 heterocycles. The molecule has 1 unspecified atom stereocenters. The highest BCUT2D eigenvalue weighted by atomic mass is 16.1. The Bertz CT molecular complexity index is 287. The predicted octanol–water partition coefficient (Wildman–Crippen LogP) is 2.84. The molecule has 2 nitrogen and oxygen atoms in total. The molecule has 1 aliphatic rings. The van der Waals surface area contributed by atoms with Gasteiger partial charge < -0.3 is 0 Å². The number of rotatable bonds is 6. The average Bonchev–Trinajstić information content (AvgIpc) is 2.26. The molecular formula is C13H18O2. The van der Waals surface area contributed by atoms with E-state index in [1.165, 1.54) is 19.3 Å². The fraction of sp³-hybridized carbons (Fsp3) is 0.538. The van der Waals surface area contributed by atoms with Crippen LogP contribution in [-0.4, -0.2) is 12.1 Å². The minimum Gasteiger partial charge on any atom is -0.298 e. The van der Waals surface area contributed by atoms with Crippen LogP contribution in [0.1, 0.15) is 39.0 Å². The molecule has 0 N–H and O–H groups in total. The van der Waals surface area contributed by atoms with E-state index in [2.05, 4.69) is 6.92 Å². The SMILES string of the molecule is CCCCCCC1C=CC=C(C=O)C1=O. The van der Waals surface area contributed by atoms with E-state index in [0.717, 1.165) is 12.8 Å². The van der Waals surface area contributed by atoms with Crippen LogP contribution in [0.15, 0.2) is 23.8 Å². The van der Waals surface area contributed by atoms with Gasteiger partial charge in [0.15, 0.2) is 12.1 Å². The zero-order valence-electron chi connectivity index (χ0n) is 9.24. The van der Waals surface area contributed by atoms with E-state index >= 15 is 0 Å². The van der Waals surface area contributed by atoms with Crippen molar-refractivity contribution in [3.63, 3.8) is 0 Å². The van der Waals surface area contributed by atoms with Crippen molar-refractivity contribution in [2.24, 2.45) is 5.92 Å². The Kier molecular flexibility index (Phi) is 5.02. The lowest BCUT2D eigenvalue weighted by Gasteiger charge is -2.13. The Morgan fingerprint density at radius 3 is 2.80 bits per heavy atom. The summed E-state index contributed by atoms with van der Waals surface area (Å²) in [7, 11) is 0. The van der Waals surface area contributed by atoms with Crippen LogP contribution in [-0.2, 0) is 9.59 Å². The maximum absolute atomic E-state index is 11.7. The lowest BCUT2D eigenvalue weighted by molar-refractivity contribution is -0.120. The Hall–Kier alpha value is -1.18. The van der Waals surface area contributed by atoms with E-state index in [9.17, 15) is 9.59 Å². The minimum absolute atomic E-state index is 0.0102. The molecule has 15 heavy (non-hydrogen) atoms. The van der Waals surface area contributed by atoms with E-state index < -0.39 is 0 Å². The van der Waals surface area contributed by atoms with Gasteiger partial charge in [-0.1, -0.05) is 44.8 Å². The van der Waals surface area contributed by atoms with Crippen LogP contribution in [0.3, 0.4) is 0 Å². The highest BCUT2D eigenvalue weighted by Crippen LogP contribution is 2.19. The molecule has 0 aromatic rings. The molecule has 1 aliphatic carbocycles. The number of hydrogen-bond donors (Lipinski definition) is 0. The minimum atomic E-state index is -0.0629. The second-order valence-corrected chi connectivity index (χ2v) is 3.94. The lowest BCUT2D eigenvalue weighted by atomic mass is 9.89. The van der Waals surface area contributed by atoms with Gasteiger partial charge in [0.25, 0.3) is 0 Å². The fourth-order valence-electron chi connectivity index (χ4n) is 1.79. The van der Waals surface area contributed by atoms with Crippen LogP contribution in [0.4, 0.5) is 0 Å². The molecule has 2 heteroatoms. The van der Waals surface area contributed by atoms with E-state index in [4.69, 9.17) is 0 Å². The van der Waals surface area contributed by atoms with Gasteiger partial charge in [-0.25, -0.2) is 0 Å². The summed E-state index contributed by atoms with van der Waals surface area (Å²) in [5.74, 6) is -0.0731. The second-order valence-electron chi connectivity index (χ2n) is 3.94. The summed E-state index contributed by atoms with van der Waals surface area (Å²) in [6.07, 6.45) is 11.5. The molecule has 1 rings (SSSR count). The van der Waals surface area contributed by atoms with E-state index in [1.54, 1.807) is 6.08 Å². The fourth-order valence-corrected chi connectivity index (χ4v) is 1.79. The van der Waals surface area contributed by atoms with Gasteiger partial charge in [-0.2, -0.15) is 0 Å². The molecule has 0 bridgehead atoms. The molecule has 0 saturated carbocycles. The first-order valence-electron chi connectivity index (χ1n) is 5.67. The number of carbonyl (C=O) groups excluding carboxylic acids is 2. The van der Waals surface area contributed by atoms with Gasteiger partial charge in [-0.15, -0.1) is 0 Å². The Labute approximate surface area is 91.1 Å². The normalized spacial score (nSPS) is 20.2. The first-order chi connectivity index (χ1) is 7.29. The molecule has 0 aromatic carbocycles. The number of allylic oxidation sites excluding steroid dienone is 4. The first kappa shape index (κ1) is 11.9. The van der Waals surface area contributed by atoms with Gasteiger partial charge in [-0.3, -0.25) is 9.59 Å². The largest absolute Gasteiger partial charge is 0.298 e. The second kappa shape index (κ2) is 6.33. The van der Waals surface area contributed by atoms with E-state index in [1.807, 2.05) is 12.2 Å². The third-order valence-electron chi connectivity index (χ3n) is 2.74. The summed E-state index contributed by atoms with van der Waals surface area (Å²) >= 11 is 0. The summed E-state index contributed by atoms with van der Waals surface area (Å²) in [4.78, 5) is 22.2. The van der Waals surface area contributed by atoms with Gasteiger partial charge in [0.05, 0.1) is 5.57 Å². The van der Waals surface area contributed by atoms with Crippen molar-refractivity contribution in [1.82, 2.24) is 0 Å². The number of ketones is 1. The third-order valence-corrected chi connectivity index (χ3v) is 2.74. The Balaban J connectivity index is 2.38. The maximum atomic E-state index is 11.7. The standard InChI is InChI=1S/C13H18O2/c1-2-3-4-5-7-11-8-6-9-12(10-14)13(11)15/h6,8-11H,2-5,7H2,1H3. The topological polar surface area (TPSA) is 34.1 Å². The van der Waals surface area contributed by atoms with Crippen molar-refractivity contribution in [2.45, 2.75) is 39.0 Å². The van der Waals surface area contributed by atoms with E-state index in [0.29, 0.717) is 11.9 Å². The summed E-state index contributed by atoms with van der Waals surface area (Å²) in [6, 6.07) is 0. The molecule has 82 valence electrons.